The Morgan fingerprint density at radius 3 is 3.28 bits per heavy atom. The van der Waals surface area contributed by atoms with Crippen molar-refractivity contribution in [2.75, 3.05) is 25.0 Å². The van der Waals surface area contributed by atoms with Crippen LogP contribution in [0.2, 0.25) is 0 Å². The number of benzene rings is 1. The molecule has 25 heavy (non-hydrogen) atoms. The van der Waals surface area contributed by atoms with Crippen molar-refractivity contribution < 1.29 is 9.53 Å². The molecule has 0 spiro atoms. The van der Waals surface area contributed by atoms with Gasteiger partial charge in [0.2, 0.25) is 0 Å². The van der Waals surface area contributed by atoms with Crippen LogP contribution in [0.1, 0.15) is 40.5 Å². The molecule has 1 aromatic carbocycles. The molecular weight excluding hydrogens is 318 g/mol. The highest BCUT2D eigenvalue weighted by atomic mass is 16.5. The van der Waals surface area contributed by atoms with Gasteiger partial charge >= 0.3 is 0 Å². The second-order valence-corrected chi connectivity index (χ2v) is 7.00. The number of rotatable bonds is 1. The molecular formula is C18H21N5O2. The Morgan fingerprint density at radius 2 is 2.32 bits per heavy atom. The third-order valence-corrected chi connectivity index (χ3v) is 5.52. The average Bonchev–Trinajstić information content (AvgIpc) is 3.16. The number of carbonyl (C=O) groups excluding carboxylic acids is 1. The quantitative estimate of drug-likeness (QED) is 0.855. The number of hydrogen-bond acceptors (Lipinski definition) is 5. The van der Waals surface area contributed by atoms with Gasteiger partial charge in [-0.2, -0.15) is 0 Å². The number of nitrogens with one attached hydrogen (secondary N) is 1. The Labute approximate surface area is 146 Å². The van der Waals surface area contributed by atoms with E-state index in [0.717, 1.165) is 42.8 Å². The lowest BCUT2D eigenvalue weighted by Crippen LogP contribution is -2.50. The number of nitrogens with zero attached hydrogens (tertiary/aromatic N) is 4. The van der Waals surface area contributed by atoms with E-state index >= 15 is 0 Å². The number of amides is 1. The molecule has 0 unspecified atom stereocenters. The fraction of sp³-hybridized carbons (Fsp3) is 0.500. The smallest absolute Gasteiger partial charge is 0.256 e. The van der Waals surface area contributed by atoms with Crippen LogP contribution in [0.25, 0.3) is 0 Å². The standard InChI is InChI=1S/C18H21N5O2/c24-18(14-5-1-3-12-4-2-7-19-17(12)14)22-8-6-16-15(10-22)23-13(11-25-16)9-20-21-23/h1,3,5,9,15-16,19H,2,4,6-8,10-11H2/t15-,16+/m1/s1. The van der Waals surface area contributed by atoms with E-state index in [1.807, 2.05) is 21.7 Å². The van der Waals surface area contributed by atoms with Crippen LogP contribution in [0.15, 0.2) is 24.4 Å². The number of anilines is 1. The summed E-state index contributed by atoms with van der Waals surface area (Å²) in [6.07, 6.45) is 4.84. The van der Waals surface area contributed by atoms with Crippen molar-refractivity contribution in [1.29, 1.82) is 0 Å². The highest BCUT2D eigenvalue weighted by Gasteiger charge is 2.38. The summed E-state index contributed by atoms with van der Waals surface area (Å²) in [6.45, 7) is 2.81. The maximum absolute atomic E-state index is 13.2. The number of fused-ring (bicyclic) bond motifs is 4. The van der Waals surface area contributed by atoms with E-state index in [0.29, 0.717) is 19.7 Å². The molecule has 1 fully saturated rings. The number of ether oxygens (including phenoxy) is 1. The first-order chi connectivity index (χ1) is 12.3. The van der Waals surface area contributed by atoms with E-state index in [4.69, 9.17) is 4.74 Å². The van der Waals surface area contributed by atoms with Crippen LogP contribution in [0.5, 0.6) is 0 Å². The summed E-state index contributed by atoms with van der Waals surface area (Å²) in [5, 5.41) is 11.6. The van der Waals surface area contributed by atoms with E-state index in [-0.39, 0.29) is 18.1 Å². The Morgan fingerprint density at radius 1 is 1.36 bits per heavy atom. The van der Waals surface area contributed by atoms with E-state index < -0.39 is 0 Å². The van der Waals surface area contributed by atoms with E-state index in [2.05, 4.69) is 21.7 Å². The van der Waals surface area contributed by atoms with Crippen molar-refractivity contribution in [2.45, 2.75) is 38.0 Å². The summed E-state index contributed by atoms with van der Waals surface area (Å²) in [5.74, 6) is 0.0944. The van der Waals surface area contributed by atoms with Crippen LogP contribution in [-0.4, -0.2) is 51.5 Å². The predicted molar refractivity (Wildman–Crippen MR) is 91.4 cm³/mol. The second-order valence-electron chi connectivity index (χ2n) is 7.00. The van der Waals surface area contributed by atoms with E-state index in [9.17, 15) is 4.79 Å². The van der Waals surface area contributed by atoms with Gasteiger partial charge in [0.15, 0.2) is 0 Å². The van der Waals surface area contributed by atoms with Gasteiger partial charge in [0.05, 0.1) is 41.9 Å². The molecule has 130 valence electrons. The maximum Gasteiger partial charge on any atom is 0.256 e. The molecule has 5 rings (SSSR count). The molecule has 1 aromatic heterocycles. The average molecular weight is 339 g/mol. The summed E-state index contributed by atoms with van der Waals surface area (Å²) in [5.41, 5.74) is 4.02. The number of para-hydroxylation sites is 1. The lowest BCUT2D eigenvalue weighted by Gasteiger charge is -2.41. The zero-order chi connectivity index (χ0) is 16.8. The zero-order valence-electron chi connectivity index (χ0n) is 14.0. The normalized spacial score (nSPS) is 24.7. The molecule has 3 aliphatic heterocycles. The minimum atomic E-state index is 0.0523. The SMILES string of the molecule is O=C(c1cccc2c1NCCC2)N1CC[C@@H]2OCc3cnnn3[C@@H]2C1. The van der Waals surface area contributed by atoms with Gasteiger partial charge in [-0.1, -0.05) is 17.3 Å². The van der Waals surface area contributed by atoms with Crippen LogP contribution < -0.4 is 5.32 Å². The van der Waals surface area contributed by atoms with Gasteiger partial charge in [0, 0.05) is 19.6 Å². The van der Waals surface area contributed by atoms with Crippen LogP contribution in [-0.2, 0) is 17.8 Å². The maximum atomic E-state index is 13.2. The Hall–Kier alpha value is -2.41. The third-order valence-electron chi connectivity index (χ3n) is 5.52. The Balaban J connectivity index is 1.43. The molecule has 1 saturated heterocycles. The summed E-state index contributed by atoms with van der Waals surface area (Å²) in [4.78, 5) is 15.1. The van der Waals surface area contributed by atoms with Gasteiger partial charge in [-0.3, -0.25) is 4.79 Å². The van der Waals surface area contributed by atoms with Crippen LogP contribution in [0, 0.1) is 0 Å². The van der Waals surface area contributed by atoms with Crippen molar-refractivity contribution in [3.8, 4) is 0 Å². The van der Waals surface area contributed by atoms with Gasteiger partial charge in [-0.15, -0.1) is 5.10 Å². The predicted octanol–water partition coefficient (Wildman–Crippen LogP) is 1.62. The van der Waals surface area contributed by atoms with Crippen LogP contribution in [0.3, 0.4) is 0 Å². The highest BCUT2D eigenvalue weighted by molar-refractivity contribution is 6.00. The minimum absolute atomic E-state index is 0.0523. The zero-order valence-corrected chi connectivity index (χ0v) is 14.0. The second kappa shape index (κ2) is 5.84. The first kappa shape index (κ1) is 14.9. The van der Waals surface area contributed by atoms with Crippen molar-refractivity contribution >= 4 is 11.6 Å². The number of piperidine rings is 1. The molecule has 4 heterocycles. The molecule has 0 radical (unpaired) electrons. The molecule has 1 N–H and O–H groups in total. The van der Waals surface area contributed by atoms with Gasteiger partial charge in [-0.25, -0.2) is 4.68 Å². The van der Waals surface area contributed by atoms with Crippen LogP contribution in [0.4, 0.5) is 5.69 Å². The monoisotopic (exact) mass is 339 g/mol. The minimum Gasteiger partial charge on any atom is -0.384 e. The van der Waals surface area contributed by atoms with Crippen molar-refractivity contribution in [3.05, 3.63) is 41.2 Å². The highest BCUT2D eigenvalue weighted by Crippen LogP contribution is 2.32. The van der Waals surface area contributed by atoms with Gasteiger partial charge < -0.3 is 15.0 Å². The fourth-order valence-electron chi connectivity index (χ4n) is 4.22. The first-order valence-electron chi connectivity index (χ1n) is 8.97. The van der Waals surface area contributed by atoms with Gasteiger partial charge in [0.25, 0.3) is 5.91 Å². The first-order valence-corrected chi connectivity index (χ1v) is 8.97. The van der Waals surface area contributed by atoms with Crippen molar-refractivity contribution in [1.82, 2.24) is 19.9 Å². The number of carbonyl (C=O) groups is 1. The number of aryl methyl sites for hydroxylation is 1. The van der Waals surface area contributed by atoms with Crippen molar-refractivity contribution in [3.63, 3.8) is 0 Å². The topological polar surface area (TPSA) is 72.3 Å². The van der Waals surface area contributed by atoms with E-state index in [1.165, 1.54) is 5.56 Å². The summed E-state index contributed by atoms with van der Waals surface area (Å²) >= 11 is 0. The fourth-order valence-corrected chi connectivity index (χ4v) is 4.22. The molecule has 0 bridgehead atoms. The number of hydrogen-bond donors (Lipinski definition) is 1. The third kappa shape index (κ3) is 2.41. The number of aromatic nitrogens is 3. The summed E-state index contributed by atoms with van der Waals surface area (Å²) < 4.78 is 7.88. The molecule has 3 aliphatic rings. The molecule has 0 saturated carbocycles. The molecule has 7 heteroatoms. The summed E-state index contributed by atoms with van der Waals surface area (Å²) in [6, 6.07) is 6.09. The number of likely N-dealkylation sites (tertiary alicyclic amines) is 1. The Bertz CT molecular complexity index is 818. The summed E-state index contributed by atoms with van der Waals surface area (Å²) in [7, 11) is 0. The Kier molecular flexibility index (Phi) is 3.48. The molecule has 0 aliphatic carbocycles. The van der Waals surface area contributed by atoms with E-state index in [1.54, 1.807) is 6.20 Å². The lowest BCUT2D eigenvalue weighted by atomic mass is 9.96. The lowest BCUT2D eigenvalue weighted by molar-refractivity contribution is -0.0604. The van der Waals surface area contributed by atoms with Crippen molar-refractivity contribution in [2.24, 2.45) is 0 Å². The van der Waals surface area contributed by atoms with Gasteiger partial charge in [0.1, 0.15) is 0 Å². The molecule has 2 atom stereocenters. The molecule has 2 aromatic rings. The largest absolute Gasteiger partial charge is 0.384 e. The molecule has 1 amide bonds. The van der Waals surface area contributed by atoms with Gasteiger partial charge in [-0.05, 0) is 30.9 Å². The molecule has 7 nitrogen and oxygen atoms in total. The van der Waals surface area contributed by atoms with Crippen LogP contribution >= 0.6 is 0 Å².